The number of halogens is 1. The van der Waals surface area contributed by atoms with Gasteiger partial charge in [0.15, 0.2) is 0 Å². The van der Waals surface area contributed by atoms with E-state index in [2.05, 4.69) is 152 Å². The summed E-state index contributed by atoms with van der Waals surface area (Å²) in [5.74, 6) is 0. The molecule has 4 rings (SSSR count). The van der Waals surface area contributed by atoms with Crippen molar-refractivity contribution in [2.24, 2.45) is 0 Å². The van der Waals surface area contributed by atoms with Gasteiger partial charge in [-0.1, -0.05) is 107 Å². The maximum atomic E-state index is 4.68. The predicted molar refractivity (Wildman–Crippen MR) is 222 cm³/mol. The molecule has 0 saturated heterocycles. The molecule has 4 unspecified atom stereocenters. The summed E-state index contributed by atoms with van der Waals surface area (Å²) in [6.45, 7) is 28.3. The van der Waals surface area contributed by atoms with Crippen molar-refractivity contribution in [3.05, 3.63) is 97.6 Å². The maximum absolute atomic E-state index is 4.68. The van der Waals surface area contributed by atoms with Gasteiger partial charge in [0, 0.05) is 24.8 Å². The van der Waals surface area contributed by atoms with Crippen LogP contribution in [0.2, 0.25) is 0 Å². The Balaban J connectivity index is 0.000000481. The van der Waals surface area contributed by atoms with Crippen molar-refractivity contribution in [3.8, 4) is 0 Å². The second kappa shape index (κ2) is 21.4. The Kier molecular flexibility index (Phi) is 20.4. The zero-order chi connectivity index (χ0) is 35.6. The zero-order valence-electron chi connectivity index (χ0n) is 32.3. The molecule has 10 heteroatoms. The van der Waals surface area contributed by atoms with Gasteiger partial charge < -0.3 is 17.0 Å². The molecule has 0 radical (unpaired) electrons. The van der Waals surface area contributed by atoms with Gasteiger partial charge in [-0.05, 0) is 125 Å². The summed E-state index contributed by atoms with van der Waals surface area (Å²) in [4.78, 5) is 18.7. The van der Waals surface area contributed by atoms with Gasteiger partial charge in [-0.15, -0.1) is 0 Å². The minimum absolute atomic E-state index is 0. The second-order valence-corrected chi connectivity index (χ2v) is 28.5. The molecule has 0 saturated carbocycles. The molecule has 0 aliphatic rings. The van der Waals surface area contributed by atoms with Crippen LogP contribution in [0.25, 0.3) is 0 Å². The molecule has 0 spiro atoms. The first-order valence-electron chi connectivity index (χ1n) is 17.1. The van der Waals surface area contributed by atoms with Crippen molar-refractivity contribution in [2.45, 2.75) is 104 Å². The zero-order valence-corrected chi connectivity index (χ0v) is 39.7. The first-order valence-corrected chi connectivity index (χ1v) is 23.2. The topological polar surface area (TPSA) is 51.6 Å². The third kappa shape index (κ3) is 15.5. The maximum Gasteiger partial charge on any atom is 1.00 e. The van der Waals surface area contributed by atoms with Gasteiger partial charge in [0.1, 0.15) is 0 Å². The van der Waals surface area contributed by atoms with Crippen LogP contribution < -0.4 is 38.7 Å². The van der Waals surface area contributed by atoms with Crippen LogP contribution in [-0.4, -0.2) is 65.2 Å². The van der Waals surface area contributed by atoms with E-state index in [0.29, 0.717) is 0 Å². The molecule has 0 amide bonds. The van der Waals surface area contributed by atoms with E-state index in [1.165, 1.54) is 46.4 Å². The molecule has 4 nitrogen and oxygen atoms in total. The van der Waals surface area contributed by atoms with Gasteiger partial charge in [0.25, 0.3) is 0 Å². The molecule has 4 aromatic heterocycles. The third-order valence-corrected chi connectivity index (χ3v) is 21.2. The van der Waals surface area contributed by atoms with Crippen molar-refractivity contribution >= 4 is 53.4 Å². The van der Waals surface area contributed by atoms with E-state index in [0.717, 1.165) is 0 Å². The van der Waals surface area contributed by atoms with Crippen molar-refractivity contribution in [2.75, 3.05) is 24.6 Å². The van der Waals surface area contributed by atoms with E-state index in [4.69, 9.17) is 0 Å². The van der Waals surface area contributed by atoms with Gasteiger partial charge in [-0.2, -0.15) is 0 Å². The number of pyridine rings is 4. The van der Waals surface area contributed by atoms with Crippen LogP contribution in [0.3, 0.4) is 0 Å². The molecule has 4 aromatic rings. The van der Waals surface area contributed by atoms with Crippen molar-refractivity contribution in [1.82, 2.24) is 19.9 Å². The predicted octanol–water partition coefficient (Wildman–Crippen LogP) is 6.98. The van der Waals surface area contributed by atoms with Gasteiger partial charge in [0.05, 0.1) is 21.7 Å². The Hall–Kier alpha value is -0.460. The van der Waals surface area contributed by atoms with E-state index in [1.54, 1.807) is 0 Å². The Morgan fingerprint density at radius 3 is 0.660 bits per heavy atom. The van der Waals surface area contributed by atoms with Crippen LogP contribution >= 0.6 is 31.7 Å². The SMILES string of the molecule is CC(C)(C)P(CCP(c1ccccn1)C(C)(C)C)c1ccccn1.CC(C)(C)P(CCP(c1ccccn1)C(C)(C)C)c1ccccn1.[Au+].[Br-]. The average molecular weight is 998 g/mol. The molecular formula is C40H60AuBrN4P4. The van der Waals surface area contributed by atoms with Crippen LogP contribution in [0.5, 0.6) is 0 Å². The van der Waals surface area contributed by atoms with E-state index < -0.39 is 0 Å². The fourth-order valence-corrected chi connectivity index (χ4v) is 17.1. The van der Waals surface area contributed by atoms with Gasteiger partial charge in [-0.25, -0.2) is 0 Å². The van der Waals surface area contributed by atoms with Crippen LogP contribution in [0.4, 0.5) is 0 Å². The average Bonchev–Trinajstić information content (AvgIpc) is 3.01. The Morgan fingerprint density at radius 1 is 0.360 bits per heavy atom. The van der Waals surface area contributed by atoms with E-state index >= 15 is 0 Å². The summed E-state index contributed by atoms with van der Waals surface area (Å²) >= 11 is 0. The Morgan fingerprint density at radius 2 is 0.540 bits per heavy atom. The van der Waals surface area contributed by atoms with Crippen LogP contribution in [-0.2, 0) is 22.4 Å². The third-order valence-electron chi connectivity index (χ3n) is 8.04. The number of aromatic nitrogens is 4. The first kappa shape index (κ1) is 47.6. The number of hydrogen-bond donors (Lipinski definition) is 0. The van der Waals surface area contributed by atoms with Gasteiger partial charge in [0.2, 0.25) is 0 Å². The van der Waals surface area contributed by atoms with Crippen molar-refractivity contribution in [3.63, 3.8) is 0 Å². The quantitative estimate of drug-likeness (QED) is 0.127. The Labute approximate surface area is 336 Å². The molecule has 0 aliphatic heterocycles. The summed E-state index contributed by atoms with van der Waals surface area (Å²) in [6.07, 6.45) is 12.6. The Bertz CT molecular complexity index is 1250. The number of nitrogens with zero attached hydrogens (tertiary/aromatic N) is 4. The largest absolute Gasteiger partial charge is 1.00 e. The molecule has 0 aliphatic carbocycles. The summed E-state index contributed by atoms with van der Waals surface area (Å²) in [5.41, 5.74) is 5.13. The molecule has 0 fully saturated rings. The minimum Gasteiger partial charge on any atom is -1.00 e. The van der Waals surface area contributed by atoms with E-state index in [-0.39, 0.29) is 91.7 Å². The van der Waals surface area contributed by atoms with E-state index in [9.17, 15) is 0 Å². The van der Waals surface area contributed by atoms with Crippen LogP contribution in [0.1, 0.15) is 83.1 Å². The summed E-state index contributed by atoms with van der Waals surface area (Å²) in [7, 11) is -1.16. The molecular weight excluding hydrogens is 937 g/mol. The summed E-state index contributed by atoms with van der Waals surface area (Å²) in [5, 5.41) is 1.08. The smallest absolute Gasteiger partial charge is 1.00 e. The van der Waals surface area contributed by atoms with Crippen molar-refractivity contribution in [1.29, 1.82) is 0 Å². The molecule has 50 heavy (non-hydrogen) atoms. The summed E-state index contributed by atoms with van der Waals surface area (Å²) < 4.78 is 0. The summed E-state index contributed by atoms with van der Waals surface area (Å²) in [6, 6.07) is 25.3. The molecule has 278 valence electrons. The number of rotatable bonds is 10. The van der Waals surface area contributed by atoms with Crippen LogP contribution in [0, 0.1) is 0 Å². The van der Waals surface area contributed by atoms with Gasteiger partial charge in [-0.3, -0.25) is 19.9 Å². The second-order valence-electron chi connectivity index (χ2n) is 16.0. The van der Waals surface area contributed by atoms with Crippen molar-refractivity contribution < 1.29 is 39.4 Å². The molecule has 0 bridgehead atoms. The normalized spacial score (nSPS) is 14.5. The standard InChI is InChI=1S/2C20H30N2P2.Au.BrH/c2*1-19(2,3)23(17-11-7-9-13-21-17)15-16-24(20(4,5)6)18-12-8-10-14-22-18;;/h2*7-14H,15-16H2,1-6H3;;1H/q;;+1;/p-1. The molecule has 4 atom stereocenters. The fraction of sp³-hybridized carbons (Fsp3) is 0.500. The van der Waals surface area contributed by atoms with Gasteiger partial charge >= 0.3 is 22.4 Å². The first-order chi connectivity index (χ1) is 22.4. The molecule has 0 N–H and O–H groups in total. The minimum atomic E-state index is -0.290. The molecule has 0 aromatic carbocycles. The fourth-order valence-electron chi connectivity index (χ4n) is 5.63. The number of hydrogen-bond acceptors (Lipinski definition) is 4. The monoisotopic (exact) mass is 996 g/mol. The molecule has 4 heterocycles. The van der Waals surface area contributed by atoms with Crippen LogP contribution in [0.15, 0.2) is 97.6 Å². The van der Waals surface area contributed by atoms with E-state index in [1.807, 2.05) is 49.1 Å².